The molecule has 1 saturated carbocycles. The predicted octanol–water partition coefficient (Wildman–Crippen LogP) is 2.96. The van der Waals surface area contributed by atoms with E-state index in [1.54, 1.807) is 6.07 Å². The molecule has 0 amide bonds. The van der Waals surface area contributed by atoms with E-state index in [1.807, 2.05) is 19.9 Å². The molecule has 0 aromatic carbocycles. The highest BCUT2D eigenvalue weighted by Gasteiger charge is 2.68. The molecule has 0 unspecified atom stereocenters. The van der Waals surface area contributed by atoms with Crippen LogP contribution in [0.3, 0.4) is 0 Å². The lowest BCUT2D eigenvalue weighted by molar-refractivity contribution is -0.174. The molecule has 3 heterocycles. The zero-order chi connectivity index (χ0) is 20.5. The van der Waals surface area contributed by atoms with Crippen molar-refractivity contribution in [3.8, 4) is 10.6 Å². The molecule has 4 rings (SSSR count). The van der Waals surface area contributed by atoms with Gasteiger partial charge in [0, 0.05) is 23.7 Å². The predicted molar refractivity (Wildman–Crippen MR) is 106 cm³/mol. The molecule has 7 nitrogen and oxygen atoms in total. The SMILES string of the molecule is COC(=O)[C@@]12CN(S(=O)(=O)c3cc(-c4cc(C)[nH]n4)sc3C)C[C@@H]1C(C)(C)C2. The van der Waals surface area contributed by atoms with Gasteiger partial charge in [0.2, 0.25) is 10.0 Å². The van der Waals surface area contributed by atoms with Crippen molar-refractivity contribution in [2.75, 3.05) is 20.2 Å². The topological polar surface area (TPSA) is 92.4 Å². The molecule has 2 aromatic rings. The van der Waals surface area contributed by atoms with Crippen molar-refractivity contribution in [2.45, 2.75) is 39.0 Å². The van der Waals surface area contributed by atoms with Crippen LogP contribution in [0.1, 0.15) is 30.8 Å². The highest BCUT2D eigenvalue weighted by molar-refractivity contribution is 7.89. The van der Waals surface area contributed by atoms with Crippen molar-refractivity contribution in [1.82, 2.24) is 14.5 Å². The zero-order valence-electron chi connectivity index (χ0n) is 16.7. The van der Waals surface area contributed by atoms with E-state index in [1.165, 1.54) is 22.8 Å². The van der Waals surface area contributed by atoms with Crippen molar-refractivity contribution >= 4 is 27.3 Å². The summed E-state index contributed by atoms with van der Waals surface area (Å²) in [5.41, 5.74) is 0.849. The maximum Gasteiger partial charge on any atom is 0.313 e. The van der Waals surface area contributed by atoms with E-state index >= 15 is 0 Å². The number of H-pyrrole nitrogens is 1. The first-order valence-corrected chi connectivity index (χ1v) is 11.5. The Bertz CT molecular complexity index is 1050. The number of carbonyl (C=O) groups excluding carboxylic acids is 1. The number of rotatable bonds is 4. The lowest BCUT2D eigenvalue weighted by Gasteiger charge is -2.54. The van der Waals surface area contributed by atoms with Gasteiger partial charge < -0.3 is 4.74 Å². The van der Waals surface area contributed by atoms with Crippen LogP contribution in [0, 0.1) is 30.6 Å². The third-order valence-electron chi connectivity index (χ3n) is 6.27. The van der Waals surface area contributed by atoms with Crippen LogP contribution in [0.2, 0.25) is 0 Å². The van der Waals surface area contributed by atoms with E-state index in [0.717, 1.165) is 21.1 Å². The smallest absolute Gasteiger partial charge is 0.313 e. The summed E-state index contributed by atoms with van der Waals surface area (Å²) in [5, 5.41) is 7.12. The van der Waals surface area contributed by atoms with E-state index in [-0.39, 0.29) is 23.8 Å². The number of thiophene rings is 1. The first kappa shape index (κ1) is 19.6. The molecule has 1 N–H and O–H groups in total. The molecule has 0 spiro atoms. The van der Waals surface area contributed by atoms with E-state index in [9.17, 15) is 13.2 Å². The van der Waals surface area contributed by atoms with Gasteiger partial charge in [-0.2, -0.15) is 9.40 Å². The lowest BCUT2D eigenvalue weighted by atomic mass is 9.48. The van der Waals surface area contributed by atoms with Gasteiger partial charge in [0.05, 0.1) is 22.3 Å². The van der Waals surface area contributed by atoms with Crippen molar-refractivity contribution in [1.29, 1.82) is 0 Å². The number of esters is 1. The highest BCUT2D eigenvalue weighted by atomic mass is 32.2. The van der Waals surface area contributed by atoms with Gasteiger partial charge in [-0.05, 0) is 43.7 Å². The second kappa shape index (κ2) is 6.14. The largest absolute Gasteiger partial charge is 0.469 e. The first-order valence-electron chi connectivity index (χ1n) is 9.23. The molecule has 0 radical (unpaired) electrons. The molecule has 0 bridgehead atoms. The fraction of sp³-hybridized carbons (Fsp3) is 0.579. The summed E-state index contributed by atoms with van der Waals surface area (Å²) in [6, 6.07) is 3.59. The minimum absolute atomic E-state index is 0.0328. The Morgan fingerprint density at radius 3 is 2.64 bits per heavy atom. The van der Waals surface area contributed by atoms with Crippen LogP contribution in [-0.2, 0) is 19.6 Å². The van der Waals surface area contributed by atoms with Gasteiger partial charge in [0.15, 0.2) is 0 Å². The highest BCUT2D eigenvalue weighted by Crippen LogP contribution is 2.63. The van der Waals surface area contributed by atoms with Gasteiger partial charge in [0.25, 0.3) is 0 Å². The van der Waals surface area contributed by atoms with E-state index in [2.05, 4.69) is 24.0 Å². The number of aryl methyl sites for hydroxylation is 2. The monoisotopic (exact) mass is 423 g/mol. The summed E-state index contributed by atoms with van der Waals surface area (Å²) in [6.07, 6.45) is 0.643. The zero-order valence-corrected chi connectivity index (χ0v) is 18.3. The second-order valence-corrected chi connectivity index (χ2v) is 11.8. The van der Waals surface area contributed by atoms with Crippen LogP contribution in [-0.4, -0.2) is 49.1 Å². The number of aromatic nitrogens is 2. The molecule has 1 saturated heterocycles. The van der Waals surface area contributed by atoms with Crippen molar-refractivity contribution in [2.24, 2.45) is 16.7 Å². The molecule has 152 valence electrons. The number of fused-ring (bicyclic) bond motifs is 1. The summed E-state index contributed by atoms with van der Waals surface area (Å²) in [6.45, 7) is 8.42. The Morgan fingerprint density at radius 1 is 1.36 bits per heavy atom. The Kier molecular flexibility index (Phi) is 4.30. The van der Waals surface area contributed by atoms with Gasteiger partial charge in [0.1, 0.15) is 5.69 Å². The number of hydrogen-bond donors (Lipinski definition) is 1. The molecule has 1 aliphatic heterocycles. The maximum absolute atomic E-state index is 13.4. The Hall–Kier alpha value is -1.71. The van der Waals surface area contributed by atoms with Crippen molar-refractivity contribution < 1.29 is 17.9 Å². The fourth-order valence-corrected chi connectivity index (χ4v) is 8.09. The molecule has 2 fully saturated rings. The molecule has 1 aliphatic carbocycles. The molecular weight excluding hydrogens is 398 g/mol. The van der Waals surface area contributed by atoms with E-state index in [0.29, 0.717) is 17.9 Å². The summed E-state index contributed by atoms with van der Waals surface area (Å²) in [5.74, 6) is -0.334. The fourth-order valence-electron chi connectivity index (χ4n) is 5.04. The standard InChI is InChI=1S/C19H25N3O4S2/c1-11-6-13(21-20-11)14-7-15(12(2)27-14)28(24,25)22-8-16-18(3,4)9-19(16,10-22)17(23)26-5/h6-7,16H,8-10H2,1-5H3,(H,20,21)/t16-,19+/m1/s1. The molecular formula is C19H25N3O4S2. The van der Waals surface area contributed by atoms with E-state index < -0.39 is 15.4 Å². The normalized spacial score (nSPS) is 26.7. The molecule has 28 heavy (non-hydrogen) atoms. The van der Waals surface area contributed by atoms with Gasteiger partial charge in [-0.1, -0.05) is 13.8 Å². The minimum atomic E-state index is -3.71. The second-order valence-electron chi connectivity index (χ2n) is 8.63. The molecule has 9 heteroatoms. The van der Waals surface area contributed by atoms with Crippen LogP contribution in [0.15, 0.2) is 17.0 Å². The number of carbonyl (C=O) groups is 1. The quantitative estimate of drug-likeness (QED) is 0.763. The lowest BCUT2D eigenvalue weighted by Crippen LogP contribution is -2.57. The third-order valence-corrected chi connectivity index (χ3v) is 9.41. The summed E-state index contributed by atoms with van der Waals surface area (Å²) in [4.78, 5) is 14.3. The van der Waals surface area contributed by atoms with Gasteiger partial charge >= 0.3 is 5.97 Å². The Morgan fingerprint density at radius 2 is 2.07 bits per heavy atom. The summed E-state index contributed by atoms with van der Waals surface area (Å²) in [7, 11) is -2.33. The van der Waals surface area contributed by atoms with Gasteiger partial charge in [-0.15, -0.1) is 11.3 Å². The van der Waals surface area contributed by atoms with Crippen molar-refractivity contribution in [3.05, 3.63) is 22.7 Å². The maximum atomic E-state index is 13.4. The molecule has 2 aliphatic rings. The Labute approximate surface area is 169 Å². The number of aromatic amines is 1. The Balaban J connectivity index is 1.68. The third kappa shape index (κ3) is 2.67. The molecule has 2 atom stereocenters. The first-order chi connectivity index (χ1) is 13.0. The summed E-state index contributed by atoms with van der Waals surface area (Å²) >= 11 is 1.41. The number of ether oxygens (including phenoxy) is 1. The average molecular weight is 424 g/mol. The van der Waals surface area contributed by atoms with Gasteiger partial charge in [-0.25, -0.2) is 8.42 Å². The number of nitrogens with one attached hydrogen (secondary N) is 1. The van der Waals surface area contributed by atoms with Crippen molar-refractivity contribution in [3.63, 3.8) is 0 Å². The molecule has 2 aromatic heterocycles. The van der Waals surface area contributed by atoms with Gasteiger partial charge in [-0.3, -0.25) is 9.89 Å². The number of hydrogen-bond acceptors (Lipinski definition) is 6. The number of nitrogens with zero attached hydrogens (tertiary/aromatic N) is 2. The average Bonchev–Trinajstić information content (AvgIpc) is 3.30. The van der Waals surface area contributed by atoms with Crippen LogP contribution in [0.25, 0.3) is 10.6 Å². The van der Waals surface area contributed by atoms with Crippen LogP contribution >= 0.6 is 11.3 Å². The van der Waals surface area contributed by atoms with E-state index in [4.69, 9.17) is 4.74 Å². The minimum Gasteiger partial charge on any atom is -0.469 e. The van der Waals surface area contributed by atoms with Crippen LogP contribution in [0.5, 0.6) is 0 Å². The number of sulfonamides is 1. The number of methoxy groups -OCH3 is 1. The van der Waals surface area contributed by atoms with Crippen LogP contribution in [0.4, 0.5) is 0 Å². The van der Waals surface area contributed by atoms with Crippen LogP contribution < -0.4 is 0 Å². The summed E-state index contributed by atoms with van der Waals surface area (Å²) < 4.78 is 33.4.